The summed E-state index contributed by atoms with van der Waals surface area (Å²) >= 11 is 0. The summed E-state index contributed by atoms with van der Waals surface area (Å²) in [5, 5.41) is 20.0. The first kappa shape index (κ1) is 17.7. The lowest BCUT2D eigenvalue weighted by molar-refractivity contribution is -0.0357. The van der Waals surface area contributed by atoms with Crippen molar-refractivity contribution < 1.29 is 14.6 Å². The normalized spacial score (nSPS) is 49.4. The Kier molecular flexibility index (Phi) is 4.20. The number of hydrogen-bond acceptors (Lipinski definition) is 2. The second-order valence-corrected chi connectivity index (χ2v) is 9.88. The van der Waals surface area contributed by atoms with Gasteiger partial charge in [0.05, 0.1) is 18.0 Å². The molecule has 4 aliphatic rings. The molecule has 140 valence electrons. The number of hydrogen-bond donors (Lipinski definition) is 2. The van der Waals surface area contributed by atoms with Crippen LogP contribution in [0, 0.1) is 35.0 Å². The molecule has 7 atom stereocenters. The van der Waals surface area contributed by atoms with Crippen LogP contribution in [0.5, 0.6) is 0 Å². The van der Waals surface area contributed by atoms with E-state index < -0.39 is 5.60 Å². The van der Waals surface area contributed by atoms with E-state index >= 15 is 4.39 Å². The molecule has 4 rings (SSSR count). The maximum absolute atomic E-state index is 15.0. The molecule has 2 N–H and O–H groups in total. The molecule has 3 saturated carbocycles. The Hall–Kier alpha value is -0.670. The van der Waals surface area contributed by atoms with Crippen LogP contribution in [0.1, 0.15) is 65.2 Å². The van der Waals surface area contributed by atoms with Crippen molar-refractivity contribution >= 4 is 0 Å². The predicted octanol–water partition coefficient (Wildman–Crippen LogP) is 4.77. The standard InChI is InChI=1S/C22H33FO2/c1-13(12-24)18-4-5-19-16-10-20(23)17-11-21(2,25)8-6-15(17)14(16)7-9-22(18,19)3/h14-16,18-19,24-25H,1,4-12H2,2-3H3/t14-,15-,16-,18-,19+,21-,22-/m1/s1. The number of halogens is 1. The van der Waals surface area contributed by atoms with Crippen LogP contribution in [0.4, 0.5) is 4.39 Å². The molecule has 0 aromatic carbocycles. The van der Waals surface area contributed by atoms with E-state index in [1.807, 2.05) is 6.92 Å². The number of rotatable bonds is 2. The minimum Gasteiger partial charge on any atom is -0.392 e. The van der Waals surface area contributed by atoms with Crippen LogP contribution >= 0.6 is 0 Å². The highest BCUT2D eigenvalue weighted by Gasteiger charge is 2.57. The first-order valence-electron chi connectivity index (χ1n) is 10.1. The van der Waals surface area contributed by atoms with Crippen molar-refractivity contribution in [2.24, 2.45) is 35.0 Å². The third-order valence-electron chi connectivity index (χ3n) is 8.48. The van der Waals surface area contributed by atoms with Crippen LogP contribution < -0.4 is 0 Å². The number of allylic oxidation sites excluding steroid dienone is 1. The zero-order chi connectivity index (χ0) is 18.0. The van der Waals surface area contributed by atoms with Gasteiger partial charge in [-0.2, -0.15) is 0 Å². The topological polar surface area (TPSA) is 40.5 Å². The minimum atomic E-state index is -0.726. The van der Waals surface area contributed by atoms with Crippen LogP contribution in [0.3, 0.4) is 0 Å². The van der Waals surface area contributed by atoms with E-state index in [2.05, 4.69) is 13.5 Å². The fourth-order valence-corrected chi connectivity index (χ4v) is 7.27. The molecule has 0 heterocycles. The molecule has 3 fully saturated rings. The zero-order valence-corrected chi connectivity index (χ0v) is 15.7. The molecule has 0 bridgehead atoms. The summed E-state index contributed by atoms with van der Waals surface area (Å²) in [5.74, 6) is 2.40. The van der Waals surface area contributed by atoms with Crippen molar-refractivity contribution in [3.05, 3.63) is 23.6 Å². The molecule has 0 spiro atoms. The van der Waals surface area contributed by atoms with Crippen LogP contribution in [0.2, 0.25) is 0 Å². The molecule has 0 saturated heterocycles. The average molecular weight is 349 g/mol. The fraction of sp³-hybridized carbons (Fsp3) is 0.818. The van der Waals surface area contributed by atoms with Crippen molar-refractivity contribution in [2.45, 2.75) is 70.8 Å². The monoisotopic (exact) mass is 348 g/mol. The van der Waals surface area contributed by atoms with Crippen LogP contribution in [-0.4, -0.2) is 22.4 Å². The van der Waals surface area contributed by atoms with Crippen LogP contribution in [0.25, 0.3) is 0 Å². The van der Waals surface area contributed by atoms with Gasteiger partial charge in [0.2, 0.25) is 0 Å². The lowest BCUT2D eigenvalue weighted by atomic mass is 9.51. The Bertz CT molecular complexity index is 607. The molecule has 0 unspecified atom stereocenters. The highest BCUT2D eigenvalue weighted by atomic mass is 19.1. The number of aliphatic hydroxyl groups excluding tert-OH is 1. The Morgan fingerprint density at radius 3 is 2.64 bits per heavy atom. The molecule has 4 aliphatic carbocycles. The van der Waals surface area contributed by atoms with Gasteiger partial charge in [0, 0.05) is 6.42 Å². The van der Waals surface area contributed by atoms with Gasteiger partial charge in [0.15, 0.2) is 0 Å². The molecule has 0 aromatic heterocycles. The molecule has 0 aliphatic heterocycles. The lowest BCUT2D eigenvalue weighted by Crippen LogP contribution is -2.48. The van der Waals surface area contributed by atoms with Crippen molar-refractivity contribution in [1.29, 1.82) is 0 Å². The molecular weight excluding hydrogens is 315 g/mol. The van der Waals surface area contributed by atoms with E-state index in [4.69, 9.17) is 0 Å². The van der Waals surface area contributed by atoms with Crippen molar-refractivity contribution in [2.75, 3.05) is 6.61 Å². The summed E-state index contributed by atoms with van der Waals surface area (Å²) in [6.07, 6.45) is 7.41. The van der Waals surface area contributed by atoms with Gasteiger partial charge in [0.1, 0.15) is 0 Å². The third kappa shape index (κ3) is 2.65. The zero-order valence-electron chi connectivity index (χ0n) is 15.7. The Labute approximate surface area is 151 Å². The Morgan fingerprint density at radius 1 is 1.16 bits per heavy atom. The second kappa shape index (κ2) is 5.92. The van der Waals surface area contributed by atoms with Gasteiger partial charge < -0.3 is 10.2 Å². The van der Waals surface area contributed by atoms with E-state index in [0.29, 0.717) is 42.4 Å². The van der Waals surface area contributed by atoms with Gasteiger partial charge in [0.25, 0.3) is 0 Å². The summed E-state index contributed by atoms with van der Waals surface area (Å²) in [6.45, 7) is 8.44. The van der Waals surface area contributed by atoms with Crippen molar-refractivity contribution in [3.8, 4) is 0 Å². The van der Waals surface area contributed by atoms with E-state index in [9.17, 15) is 10.2 Å². The summed E-state index contributed by atoms with van der Waals surface area (Å²) in [5.41, 5.74) is 1.37. The van der Waals surface area contributed by atoms with Crippen molar-refractivity contribution in [1.82, 2.24) is 0 Å². The maximum atomic E-state index is 15.0. The predicted molar refractivity (Wildman–Crippen MR) is 97.5 cm³/mol. The van der Waals surface area contributed by atoms with Gasteiger partial charge in [-0.1, -0.05) is 13.5 Å². The van der Waals surface area contributed by atoms with E-state index in [0.717, 1.165) is 43.3 Å². The summed E-state index contributed by atoms with van der Waals surface area (Å²) < 4.78 is 15.0. The van der Waals surface area contributed by atoms with E-state index in [1.165, 1.54) is 6.42 Å². The fourth-order valence-electron chi connectivity index (χ4n) is 7.27. The highest BCUT2D eigenvalue weighted by Crippen LogP contribution is 2.65. The smallest absolute Gasteiger partial charge is 0.0998 e. The first-order chi connectivity index (χ1) is 11.8. The minimum absolute atomic E-state index is 0.0805. The van der Waals surface area contributed by atoms with Gasteiger partial charge in [-0.25, -0.2) is 4.39 Å². The second-order valence-electron chi connectivity index (χ2n) is 9.88. The molecule has 3 heteroatoms. The number of fused-ring (bicyclic) bond motifs is 5. The largest absolute Gasteiger partial charge is 0.392 e. The quantitative estimate of drug-likeness (QED) is 0.706. The third-order valence-corrected chi connectivity index (χ3v) is 8.48. The highest BCUT2D eigenvalue weighted by molar-refractivity contribution is 5.26. The van der Waals surface area contributed by atoms with E-state index in [-0.39, 0.29) is 17.8 Å². The molecule has 0 aromatic rings. The van der Waals surface area contributed by atoms with Crippen molar-refractivity contribution in [3.63, 3.8) is 0 Å². The van der Waals surface area contributed by atoms with Gasteiger partial charge >= 0.3 is 0 Å². The summed E-state index contributed by atoms with van der Waals surface area (Å²) in [7, 11) is 0. The SMILES string of the molecule is C=C(CO)[C@H]1CC[C@H]2[C@@H]3CC(F)=C4C[C@](C)(O)CC[C@@H]4[C@H]3CC[C@]12C. The van der Waals surface area contributed by atoms with E-state index in [1.54, 1.807) is 0 Å². The molecule has 0 radical (unpaired) electrons. The maximum Gasteiger partial charge on any atom is 0.0998 e. The average Bonchev–Trinajstić information content (AvgIpc) is 2.91. The molecule has 25 heavy (non-hydrogen) atoms. The van der Waals surface area contributed by atoms with Crippen LogP contribution in [0.15, 0.2) is 23.6 Å². The lowest BCUT2D eigenvalue weighted by Gasteiger charge is -2.54. The first-order valence-corrected chi connectivity index (χ1v) is 10.1. The van der Waals surface area contributed by atoms with Gasteiger partial charge in [-0.05, 0) is 98.0 Å². The Balaban J connectivity index is 1.63. The van der Waals surface area contributed by atoms with Crippen LogP contribution in [-0.2, 0) is 0 Å². The molecule has 2 nitrogen and oxygen atoms in total. The van der Waals surface area contributed by atoms with Gasteiger partial charge in [-0.15, -0.1) is 0 Å². The Morgan fingerprint density at radius 2 is 1.92 bits per heavy atom. The molecule has 0 amide bonds. The number of aliphatic hydroxyl groups is 2. The summed E-state index contributed by atoms with van der Waals surface area (Å²) in [6, 6.07) is 0. The molecular formula is C22H33FO2. The summed E-state index contributed by atoms with van der Waals surface area (Å²) in [4.78, 5) is 0. The van der Waals surface area contributed by atoms with Gasteiger partial charge in [-0.3, -0.25) is 0 Å².